The summed E-state index contributed by atoms with van der Waals surface area (Å²) in [6.07, 6.45) is 15.3. The first-order valence-corrected chi connectivity index (χ1v) is 14.6. The summed E-state index contributed by atoms with van der Waals surface area (Å²) in [5, 5.41) is 19.4. The van der Waals surface area contributed by atoms with Crippen molar-refractivity contribution in [3.63, 3.8) is 0 Å². The van der Waals surface area contributed by atoms with Gasteiger partial charge in [0.2, 0.25) is 0 Å². The average Bonchev–Trinajstić information content (AvgIpc) is 3.61. The quantitative estimate of drug-likeness (QED) is 0.385. The molecule has 3 unspecified atom stereocenters. The number of rotatable bonds is 4. The summed E-state index contributed by atoms with van der Waals surface area (Å²) in [5.74, 6) is 3.14. The Kier molecular flexibility index (Phi) is 4.28. The van der Waals surface area contributed by atoms with Crippen LogP contribution >= 0.6 is 11.3 Å². The number of aromatic nitrogens is 8. The molecular weight excluding hydrogens is 468 g/mol. The highest BCUT2D eigenvalue weighted by Crippen LogP contribution is 2.64. The van der Waals surface area contributed by atoms with Gasteiger partial charge in [-0.15, -0.1) is 26.6 Å². The summed E-state index contributed by atoms with van der Waals surface area (Å²) in [4.78, 5) is 14.8. The zero-order chi connectivity index (χ0) is 24.3. The van der Waals surface area contributed by atoms with Crippen LogP contribution in [0.3, 0.4) is 0 Å². The molecule has 0 aliphatic heterocycles. The van der Waals surface area contributed by atoms with Gasteiger partial charge in [0, 0.05) is 10.3 Å². The van der Waals surface area contributed by atoms with Crippen LogP contribution in [0.15, 0.2) is 12.7 Å². The molecule has 188 valence electrons. The van der Waals surface area contributed by atoms with Crippen LogP contribution in [0, 0.1) is 23.2 Å². The molecule has 5 aliphatic carbocycles. The van der Waals surface area contributed by atoms with Gasteiger partial charge in [-0.25, -0.2) is 14.5 Å². The molecule has 0 spiro atoms. The highest BCUT2D eigenvalue weighted by molar-refractivity contribution is 7.19. The van der Waals surface area contributed by atoms with Gasteiger partial charge in [0.15, 0.2) is 17.8 Å². The van der Waals surface area contributed by atoms with Crippen LogP contribution in [-0.4, -0.2) is 39.8 Å². The molecule has 4 fully saturated rings. The minimum Gasteiger partial charge on any atom is -0.225 e. The number of hydrogen-bond acceptors (Lipinski definition) is 7. The smallest absolute Gasteiger partial charge is 0.167 e. The molecule has 0 aromatic carbocycles. The van der Waals surface area contributed by atoms with Crippen molar-refractivity contribution < 1.29 is 0 Å². The highest BCUT2D eigenvalue weighted by atomic mass is 32.1. The summed E-state index contributed by atoms with van der Waals surface area (Å²) in [6, 6.07) is 0. The molecule has 9 heteroatoms. The number of nitrogens with zero attached hydrogens (tertiary/aromatic N) is 8. The van der Waals surface area contributed by atoms with Gasteiger partial charge in [-0.1, -0.05) is 27.2 Å². The van der Waals surface area contributed by atoms with Crippen LogP contribution < -0.4 is 0 Å². The molecule has 0 N–H and O–H groups in total. The van der Waals surface area contributed by atoms with Crippen LogP contribution in [0.5, 0.6) is 0 Å². The zero-order valence-corrected chi connectivity index (χ0v) is 22.3. The van der Waals surface area contributed by atoms with Crippen LogP contribution in [0.4, 0.5) is 0 Å². The Morgan fingerprint density at radius 3 is 2.75 bits per heavy atom. The largest absolute Gasteiger partial charge is 0.225 e. The van der Waals surface area contributed by atoms with E-state index in [0.29, 0.717) is 17.3 Å². The lowest BCUT2D eigenvalue weighted by molar-refractivity contribution is -0.0785. The molecule has 9 rings (SSSR count). The standard InChI is InChI=1S/C27H34N8S/c1-4-25(2,3)18-5-6-19-20(8-18)36-23-21(19)22-31-24(32-34(22)15-28-23)26-9-16-7-17(10-26)12-27(11-16,13-26)35-30-14-29-33-35/h14-18H,4-13H2,1-3H3. The van der Waals surface area contributed by atoms with Crippen LogP contribution in [-0.2, 0) is 23.8 Å². The Morgan fingerprint density at radius 1 is 1.17 bits per heavy atom. The first-order chi connectivity index (χ1) is 17.4. The lowest BCUT2D eigenvalue weighted by atomic mass is 9.46. The second-order valence-electron chi connectivity index (χ2n) is 13.1. The minimum absolute atomic E-state index is 0.00237. The predicted octanol–water partition coefficient (Wildman–Crippen LogP) is 5.11. The molecule has 0 amide bonds. The maximum Gasteiger partial charge on any atom is 0.167 e. The van der Waals surface area contributed by atoms with Crippen LogP contribution in [0.2, 0.25) is 0 Å². The summed E-state index contributed by atoms with van der Waals surface area (Å²) >= 11 is 1.89. The Labute approximate surface area is 214 Å². The Balaban J connectivity index is 1.23. The first-order valence-electron chi connectivity index (χ1n) is 13.8. The van der Waals surface area contributed by atoms with E-state index < -0.39 is 0 Å². The van der Waals surface area contributed by atoms with Crippen molar-refractivity contribution in [2.75, 3.05) is 0 Å². The van der Waals surface area contributed by atoms with E-state index in [0.717, 1.165) is 47.9 Å². The van der Waals surface area contributed by atoms with E-state index in [9.17, 15) is 0 Å². The fourth-order valence-electron chi connectivity index (χ4n) is 8.85. The van der Waals surface area contributed by atoms with Crippen molar-refractivity contribution in [1.29, 1.82) is 0 Å². The van der Waals surface area contributed by atoms with E-state index in [1.165, 1.54) is 54.4 Å². The predicted molar refractivity (Wildman–Crippen MR) is 138 cm³/mol. The molecule has 3 atom stereocenters. The molecule has 8 nitrogen and oxygen atoms in total. The minimum atomic E-state index is -0.0335. The Hall–Kier alpha value is -2.42. The van der Waals surface area contributed by atoms with Crippen molar-refractivity contribution in [2.45, 2.75) is 95.9 Å². The van der Waals surface area contributed by atoms with Crippen molar-refractivity contribution in [1.82, 2.24) is 39.8 Å². The van der Waals surface area contributed by atoms with Gasteiger partial charge < -0.3 is 0 Å². The van der Waals surface area contributed by atoms with Crippen LogP contribution in [0.25, 0.3) is 15.9 Å². The van der Waals surface area contributed by atoms with Crippen molar-refractivity contribution in [3.05, 3.63) is 28.9 Å². The highest BCUT2D eigenvalue weighted by Gasteiger charge is 2.61. The Bertz CT molecular complexity index is 1470. The van der Waals surface area contributed by atoms with Crippen LogP contribution in [0.1, 0.15) is 88.4 Å². The summed E-state index contributed by atoms with van der Waals surface area (Å²) in [7, 11) is 0. The summed E-state index contributed by atoms with van der Waals surface area (Å²) in [6.45, 7) is 7.20. The third-order valence-electron chi connectivity index (χ3n) is 10.7. The first kappa shape index (κ1) is 21.6. The number of fused-ring (bicyclic) bond motifs is 5. The maximum absolute atomic E-state index is 5.36. The number of hydrogen-bond donors (Lipinski definition) is 0. The number of tetrazole rings is 1. The molecule has 0 radical (unpaired) electrons. The van der Waals surface area contributed by atoms with E-state index in [2.05, 4.69) is 36.2 Å². The van der Waals surface area contributed by atoms with Gasteiger partial charge in [0.1, 0.15) is 11.2 Å². The molecular formula is C27H34N8S. The van der Waals surface area contributed by atoms with E-state index in [-0.39, 0.29) is 11.0 Å². The van der Waals surface area contributed by atoms with E-state index in [1.54, 1.807) is 6.33 Å². The van der Waals surface area contributed by atoms with Gasteiger partial charge >= 0.3 is 0 Å². The topological polar surface area (TPSA) is 86.7 Å². The number of thiophene rings is 1. The maximum atomic E-state index is 5.36. The molecule has 4 aromatic heterocycles. The second-order valence-corrected chi connectivity index (χ2v) is 14.2. The monoisotopic (exact) mass is 502 g/mol. The molecule has 4 aromatic rings. The normalized spacial score (nSPS) is 33.6. The van der Waals surface area contributed by atoms with Gasteiger partial charge in [0.25, 0.3) is 0 Å². The lowest BCUT2D eigenvalue weighted by Gasteiger charge is -2.60. The fraction of sp³-hybridized carbons (Fsp3) is 0.704. The fourth-order valence-corrected chi connectivity index (χ4v) is 10.1. The van der Waals surface area contributed by atoms with E-state index >= 15 is 0 Å². The van der Waals surface area contributed by atoms with Gasteiger partial charge in [-0.3, -0.25) is 0 Å². The van der Waals surface area contributed by atoms with Crippen molar-refractivity contribution in [3.8, 4) is 0 Å². The van der Waals surface area contributed by atoms with Crippen molar-refractivity contribution >= 4 is 27.2 Å². The third-order valence-corrected chi connectivity index (χ3v) is 11.8. The zero-order valence-electron chi connectivity index (χ0n) is 21.4. The third kappa shape index (κ3) is 2.86. The Morgan fingerprint density at radius 2 is 2.00 bits per heavy atom. The van der Waals surface area contributed by atoms with Crippen molar-refractivity contribution in [2.24, 2.45) is 23.2 Å². The molecule has 36 heavy (non-hydrogen) atoms. The molecule has 5 aliphatic rings. The molecule has 4 saturated carbocycles. The van der Waals surface area contributed by atoms with Gasteiger partial charge in [-0.05, 0) is 91.7 Å². The summed E-state index contributed by atoms with van der Waals surface area (Å²) < 4.78 is 1.98. The van der Waals surface area contributed by atoms with Gasteiger partial charge in [-0.2, -0.15) is 4.80 Å². The lowest BCUT2D eigenvalue weighted by Crippen LogP contribution is -2.59. The summed E-state index contributed by atoms with van der Waals surface area (Å²) in [5.41, 5.74) is 2.86. The van der Waals surface area contributed by atoms with Gasteiger partial charge in [0.05, 0.1) is 10.9 Å². The number of aryl methyl sites for hydroxylation is 1. The SMILES string of the molecule is CCC(C)(C)C1CCc2c(sc3ncn4nc(C56CC7CC(C5)CC(n5ncnn5)(C7)C6)nc4c23)C1. The van der Waals surface area contributed by atoms with E-state index in [4.69, 9.17) is 15.1 Å². The second kappa shape index (κ2) is 7.11. The average molecular weight is 503 g/mol. The molecule has 0 saturated heterocycles. The molecule has 4 heterocycles. The molecule has 4 bridgehead atoms. The van der Waals surface area contributed by atoms with E-state index in [1.807, 2.05) is 27.0 Å².